The molecule has 2 aromatic rings. The molecular weight excluding hydrogens is 226 g/mol. The Kier molecular flexibility index (Phi) is 4.02. The summed E-state index contributed by atoms with van der Waals surface area (Å²) >= 11 is 0. The Bertz CT molecular complexity index is 535. The number of aryl methyl sites for hydroxylation is 2. The van der Waals surface area contributed by atoms with E-state index >= 15 is 0 Å². The van der Waals surface area contributed by atoms with Crippen molar-refractivity contribution in [3.8, 4) is 6.07 Å². The summed E-state index contributed by atoms with van der Waals surface area (Å²) in [6.07, 6.45) is 2.03. The summed E-state index contributed by atoms with van der Waals surface area (Å²) in [7, 11) is 0. The number of benzene rings is 1. The molecule has 0 N–H and O–H groups in total. The van der Waals surface area contributed by atoms with Gasteiger partial charge in [-0.1, -0.05) is 29.8 Å². The zero-order valence-electron chi connectivity index (χ0n) is 10.4. The molecular formula is C13H15N5. The second-order valence-corrected chi connectivity index (χ2v) is 4.24. The van der Waals surface area contributed by atoms with Crippen LogP contribution >= 0.6 is 0 Å². The standard InChI is InChI=1S/C13H15N5/c1-11-4-6-12(7-5-11)10-13-15-16-17-18(13)9-3-2-8-14/h4-7H,2-3,9-10H2,1H3. The van der Waals surface area contributed by atoms with Crippen LogP contribution in [-0.2, 0) is 13.0 Å². The minimum Gasteiger partial charge on any atom is -0.229 e. The average Bonchev–Trinajstić information content (AvgIpc) is 2.80. The predicted octanol–water partition coefficient (Wildman–Crippen LogP) is 1.88. The van der Waals surface area contributed by atoms with Crippen LogP contribution in [0.3, 0.4) is 0 Å². The molecule has 0 aliphatic carbocycles. The van der Waals surface area contributed by atoms with Gasteiger partial charge in [-0.2, -0.15) is 5.26 Å². The third-order valence-corrected chi connectivity index (χ3v) is 2.75. The average molecular weight is 241 g/mol. The maximum atomic E-state index is 8.51. The van der Waals surface area contributed by atoms with Crippen LogP contribution in [0.1, 0.15) is 29.8 Å². The van der Waals surface area contributed by atoms with E-state index in [1.54, 1.807) is 4.68 Å². The highest BCUT2D eigenvalue weighted by atomic mass is 15.5. The van der Waals surface area contributed by atoms with E-state index in [2.05, 4.69) is 52.8 Å². The fourth-order valence-electron chi connectivity index (χ4n) is 1.72. The van der Waals surface area contributed by atoms with Crippen LogP contribution < -0.4 is 0 Å². The number of unbranched alkanes of at least 4 members (excludes halogenated alkanes) is 1. The van der Waals surface area contributed by atoms with Gasteiger partial charge >= 0.3 is 0 Å². The van der Waals surface area contributed by atoms with Gasteiger partial charge in [0.1, 0.15) is 0 Å². The number of aromatic nitrogens is 4. The van der Waals surface area contributed by atoms with Crippen LogP contribution in [-0.4, -0.2) is 20.2 Å². The Labute approximate surface area is 106 Å². The lowest BCUT2D eigenvalue weighted by molar-refractivity contribution is 0.547. The van der Waals surface area contributed by atoms with Gasteiger partial charge in [0, 0.05) is 19.4 Å². The SMILES string of the molecule is Cc1ccc(Cc2nnnn2CCCC#N)cc1. The molecule has 0 fully saturated rings. The van der Waals surface area contributed by atoms with E-state index < -0.39 is 0 Å². The molecule has 0 saturated carbocycles. The molecule has 0 aliphatic rings. The van der Waals surface area contributed by atoms with Gasteiger partial charge in [0.15, 0.2) is 5.82 Å². The van der Waals surface area contributed by atoms with Gasteiger partial charge in [0.25, 0.3) is 0 Å². The smallest absolute Gasteiger partial charge is 0.155 e. The Morgan fingerprint density at radius 2 is 2.06 bits per heavy atom. The Balaban J connectivity index is 2.03. The van der Waals surface area contributed by atoms with Crippen LogP contribution in [0.2, 0.25) is 0 Å². The number of nitriles is 1. The van der Waals surface area contributed by atoms with Crippen molar-refractivity contribution in [2.75, 3.05) is 0 Å². The van der Waals surface area contributed by atoms with Crippen molar-refractivity contribution < 1.29 is 0 Å². The maximum absolute atomic E-state index is 8.51. The second-order valence-electron chi connectivity index (χ2n) is 4.24. The summed E-state index contributed by atoms with van der Waals surface area (Å²) in [6.45, 7) is 2.76. The third-order valence-electron chi connectivity index (χ3n) is 2.75. The van der Waals surface area contributed by atoms with Gasteiger partial charge in [-0.25, -0.2) is 4.68 Å². The molecule has 1 heterocycles. The molecule has 18 heavy (non-hydrogen) atoms. The van der Waals surface area contributed by atoms with Crippen LogP contribution in [0.25, 0.3) is 0 Å². The topological polar surface area (TPSA) is 67.4 Å². The number of tetrazole rings is 1. The number of nitrogens with zero attached hydrogens (tertiary/aromatic N) is 5. The van der Waals surface area contributed by atoms with Crippen LogP contribution in [0.4, 0.5) is 0 Å². The van der Waals surface area contributed by atoms with Crippen LogP contribution in [0, 0.1) is 18.3 Å². The second kappa shape index (κ2) is 5.92. The highest BCUT2D eigenvalue weighted by Gasteiger charge is 2.06. The van der Waals surface area contributed by atoms with Crippen molar-refractivity contribution in [1.29, 1.82) is 5.26 Å². The number of hydrogen-bond acceptors (Lipinski definition) is 4. The predicted molar refractivity (Wildman–Crippen MR) is 66.6 cm³/mol. The van der Waals surface area contributed by atoms with Crippen molar-refractivity contribution in [3.63, 3.8) is 0 Å². The first-order valence-electron chi connectivity index (χ1n) is 5.97. The zero-order valence-corrected chi connectivity index (χ0v) is 10.4. The van der Waals surface area contributed by atoms with Crippen molar-refractivity contribution in [1.82, 2.24) is 20.2 Å². The van der Waals surface area contributed by atoms with Gasteiger partial charge in [-0.3, -0.25) is 0 Å². The number of rotatable bonds is 5. The third kappa shape index (κ3) is 3.14. The molecule has 2 rings (SSSR count). The largest absolute Gasteiger partial charge is 0.229 e. The summed E-state index contributed by atoms with van der Waals surface area (Å²) in [5, 5.41) is 20.2. The van der Waals surface area contributed by atoms with Crippen molar-refractivity contribution in [2.24, 2.45) is 0 Å². The molecule has 1 aromatic carbocycles. The van der Waals surface area contributed by atoms with Crippen LogP contribution in [0.5, 0.6) is 0 Å². The monoisotopic (exact) mass is 241 g/mol. The summed E-state index contributed by atoms with van der Waals surface area (Å²) < 4.78 is 1.77. The van der Waals surface area contributed by atoms with E-state index in [9.17, 15) is 0 Å². The van der Waals surface area contributed by atoms with Gasteiger partial charge in [0.05, 0.1) is 6.07 Å². The Hall–Kier alpha value is -2.22. The van der Waals surface area contributed by atoms with Crippen molar-refractivity contribution >= 4 is 0 Å². The zero-order chi connectivity index (χ0) is 12.8. The molecule has 92 valence electrons. The Morgan fingerprint density at radius 1 is 1.28 bits per heavy atom. The first kappa shape index (κ1) is 12.2. The maximum Gasteiger partial charge on any atom is 0.155 e. The van der Waals surface area contributed by atoms with E-state index in [0.29, 0.717) is 13.0 Å². The molecule has 5 heteroatoms. The molecule has 1 aromatic heterocycles. The summed E-state index contributed by atoms with van der Waals surface area (Å²) in [5.41, 5.74) is 2.43. The molecule has 0 amide bonds. The first-order chi connectivity index (χ1) is 8.79. The van der Waals surface area contributed by atoms with E-state index in [-0.39, 0.29) is 0 Å². The lowest BCUT2D eigenvalue weighted by atomic mass is 10.1. The minimum atomic E-state index is 0.532. The van der Waals surface area contributed by atoms with Crippen molar-refractivity contribution in [2.45, 2.75) is 32.7 Å². The molecule has 5 nitrogen and oxygen atoms in total. The van der Waals surface area contributed by atoms with Gasteiger partial charge in [0.2, 0.25) is 0 Å². The molecule has 0 spiro atoms. The van der Waals surface area contributed by atoms with Crippen LogP contribution in [0.15, 0.2) is 24.3 Å². The molecule has 0 saturated heterocycles. The normalized spacial score (nSPS) is 10.2. The highest BCUT2D eigenvalue weighted by Crippen LogP contribution is 2.08. The van der Waals surface area contributed by atoms with Crippen molar-refractivity contribution in [3.05, 3.63) is 41.2 Å². The van der Waals surface area contributed by atoms with E-state index in [0.717, 1.165) is 18.7 Å². The first-order valence-corrected chi connectivity index (χ1v) is 5.97. The van der Waals surface area contributed by atoms with E-state index in [1.807, 2.05) is 0 Å². The summed E-state index contributed by atoms with van der Waals surface area (Å²) in [6, 6.07) is 10.5. The minimum absolute atomic E-state index is 0.532. The van der Waals surface area contributed by atoms with E-state index in [4.69, 9.17) is 5.26 Å². The molecule has 0 bridgehead atoms. The summed E-state index contributed by atoms with van der Waals surface area (Å²) in [5.74, 6) is 0.844. The molecule has 0 aliphatic heterocycles. The number of hydrogen-bond donors (Lipinski definition) is 0. The fraction of sp³-hybridized carbons (Fsp3) is 0.385. The van der Waals surface area contributed by atoms with Gasteiger partial charge < -0.3 is 0 Å². The van der Waals surface area contributed by atoms with E-state index in [1.165, 1.54) is 11.1 Å². The fourth-order valence-corrected chi connectivity index (χ4v) is 1.72. The highest BCUT2D eigenvalue weighted by molar-refractivity contribution is 5.23. The quantitative estimate of drug-likeness (QED) is 0.749. The lowest BCUT2D eigenvalue weighted by Gasteiger charge is -2.03. The Morgan fingerprint density at radius 3 is 2.78 bits per heavy atom. The molecule has 0 unspecified atom stereocenters. The lowest BCUT2D eigenvalue weighted by Crippen LogP contribution is -2.06. The summed E-state index contributed by atoms with van der Waals surface area (Å²) in [4.78, 5) is 0. The molecule has 0 atom stereocenters. The van der Waals surface area contributed by atoms with Gasteiger partial charge in [-0.15, -0.1) is 5.10 Å². The molecule has 0 radical (unpaired) electrons. The van der Waals surface area contributed by atoms with Gasteiger partial charge in [-0.05, 0) is 29.3 Å².